The SMILES string of the molecule is Cc1ccc2c(c1)Cc1ccccc1CN2. The minimum atomic E-state index is 0.937. The van der Waals surface area contributed by atoms with Crippen LogP contribution >= 0.6 is 0 Å². The number of anilines is 1. The molecular formula is C15H15N. The third-order valence-electron chi connectivity index (χ3n) is 3.23. The monoisotopic (exact) mass is 209 g/mol. The van der Waals surface area contributed by atoms with Gasteiger partial charge in [0.15, 0.2) is 0 Å². The first kappa shape index (κ1) is 9.46. The lowest BCUT2D eigenvalue weighted by molar-refractivity contribution is 1.12. The zero-order chi connectivity index (χ0) is 11.0. The molecule has 1 heterocycles. The van der Waals surface area contributed by atoms with Crippen LogP contribution in [0.4, 0.5) is 5.69 Å². The molecule has 0 saturated heterocycles. The van der Waals surface area contributed by atoms with Crippen molar-refractivity contribution in [3.63, 3.8) is 0 Å². The molecule has 0 unspecified atom stereocenters. The van der Waals surface area contributed by atoms with Crippen molar-refractivity contribution < 1.29 is 0 Å². The highest BCUT2D eigenvalue weighted by Gasteiger charge is 2.11. The van der Waals surface area contributed by atoms with Gasteiger partial charge in [-0.25, -0.2) is 0 Å². The Morgan fingerprint density at radius 1 is 0.938 bits per heavy atom. The zero-order valence-corrected chi connectivity index (χ0v) is 9.46. The molecule has 3 rings (SSSR count). The van der Waals surface area contributed by atoms with Crippen LogP contribution in [0, 0.1) is 6.92 Å². The predicted octanol–water partition coefficient (Wildman–Crippen LogP) is 3.51. The van der Waals surface area contributed by atoms with Gasteiger partial charge in [0.05, 0.1) is 0 Å². The minimum absolute atomic E-state index is 0.937. The maximum Gasteiger partial charge on any atom is 0.0403 e. The average molecular weight is 209 g/mol. The Balaban J connectivity index is 2.10. The summed E-state index contributed by atoms with van der Waals surface area (Å²) in [6.45, 7) is 3.09. The molecule has 16 heavy (non-hydrogen) atoms. The molecule has 80 valence electrons. The van der Waals surface area contributed by atoms with Gasteiger partial charge in [-0.05, 0) is 36.1 Å². The first-order valence-electron chi connectivity index (χ1n) is 5.73. The van der Waals surface area contributed by atoms with Crippen LogP contribution in [0.25, 0.3) is 0 Å². The molecule has 0 saturated carbocycles. The number of hydrogen-bond donors (Lipinski definition) is 1. The Hall–Kier alpha value is -1.76. The highest BCUT2D eigenvalue weighted by molar-refractivity contribution is 5.57. The maximum absolute atomic E-state index is 3.51. The van der Waals surface area contributed by atoms with Gasteiger partial charge in [0.25, 0.3) is 0 Å². The predicted molar refractivity (Wildman–Crippen MR) is 67.8 cm³/mol. The van der Waals surface area contributed by atoms with Gasteiger partial charge in [-0.1, -0.05) is 42.0 Å². The fraction of sp³-hybridized carbons (Fsp3) is 0.200. The molecule has 0 radical (unpaired) electrons. The zero-order valence-electron chi connectivity index (χ0n) is 9.46. The summed E-state index contributed by atoms with van der Waals surface area (Å²) in [7, 11) is 0. The summed E-state index contributed by atoms with van der Waals surface area (Å²) in [6.07, 6.45) is 1.04. The van der Waals surface area contributed by atoms with Crippen molar-refractivity contribution in [1.29, 1.82) is 0 Å². The smallest absolute Gasteiger partial charge is 0.0403 e. The third-order valence-corrected chi connectivity index (χ3v) is 3.23. The number of hydrogen-bond acceptors (Lipinski definition) is 1. The van der Waals surface area contributed by atoms with Crippen molar-refractivity contribution in [3.05, 3.63) is 64.7 Å². The van der Waals surface area contributed by atoms with Gasteiger partial charge in [-0.2, -0.15) is 0 Å². The molecule has 0 spiro atoms. The van der Waals surface area contributed by atoms with Gasteiger partial charge in [0.1, 0.15) is 0 Å². The molecule has 0 bridgehead atoms. The van der Waals surface area contributed by atoms with Crippen molar-refractivity contribution in [2.75, 3.05) is 5.32 Å². The van der Waals surface area contributed by atoms with Crippen molar-refractivity contribution in [2.24, 2.45) is 0 Å². The summed E-state index contributed by atoms with van der Waals surface area (Å²) in [4.78, 5) is 0. The molecule has 0 fully saturated rings. The Bertz CT molecular complexity index is 529. The van der Waals surface area contributed by atoms with Crippen LogP contribution < -0.4 is 5.32 Å². The molecule has 0 aromatic heterocycles. The van der Waals surface area contributed by atoms with Gasteiger partial charge in [0, 0.05) is 12.2 Å². The van der Waals surface area contributed by atoms with E-state index >= 15 is 0 Å². The van der Waals surface area contributed by atoms with Crippen LogP contribution in [0.1, 0.15) is 22.3 Å². The van der Waals surface area contributed by atoms with E-state index in [0.717, 1.165) is 13.0 Å². The summed E-state index contributed by atoms with van der Waals surface area (Å²) >= 11 is 0. The van der Waals surface area contributed by atoms with E-state index < -0.39 is 0 Å². The summed E-state index contributed by atoms with van der Waals surface area (Å²) in [5.41, 5.74) is 6.88. The van der Waals surface area contributed by atoms with Crippen LogP contribution in [0.5, 0.6) is 0 Å². The fourth-order valence-corrected chi connectivity index (χ4v) is 2.34. The highest BCUT2D eigenvalue weighted by Crippen LogP contribution is 2.26. The molecule has 2 aromatic rings. The summed E-state index contributed by atoms with van der Waals surface area (Å²) in [6, 6.07) is 15.3. The Morgan fingerprint density at radius 2 is 1.75 bits per heavy atom. The van der Waals surface area contributed by atoms with Crippen LogP contribution in [0.15, 0.2) is 42.5 Å². The molecule has 0 atom stereocenters. The van der Waals surface area contributed by atoms with E-state index in [1.54, 1.807) is 0 Å². The van der Waals surface area contributed by atoms with Crippen molar-refractivity contribution in [3.8, 4) is 0 Å². The van der Waals surface area contributed by atoms with Crippen LogP contribution in [-0.4, -0.2) is 0 Å². The Kier molecular flexibility index (Phi) is 2.17. The Labute approximate surface area is 96.1 Å². The number of fused-ring (bicyclic) bond motifs is 2. The standard InChI is InChI=1S/C15H15N/c1-11-6-7-15-14(8-11)9-12-4-2-3-5-13(12)10-16-15/h2-8,16H,9-10H2,1H3. The van der Waals surface area contributed by atoms with E-state index in [2.05, 4.69) is 54.7 Å². The lowest BCUT2D eigenvalue weighted by atomic mass is 10.00. The summed E-state index contributed by atoms with van der Waals surface area (Å²) < 4.78 is 0. The third kappa shape index (κ3) is 1.58. The van der Waals surface area contributed by atoms with Gasteiger partial charge in [-0.3, -0.25) is 0 Å². The fourth-order valence-electron chi connectivity index (χ4n) is 2.34. The molecule has 0 aliphatic carbocycles. The van der Waals surface area contributed by atoms with Gasteiger partial charge < -0.3 is 5.32 Å². The number of rotatable bonds is 0. The van der Waals surface area contributed by atoms with Gasteiger partial charge in [0.2, 0.25) is 0 Å². The lowest BCUT2D eigenvalue weighted by Gasteiger charge is -2.07. The van der Waals surface area contributed by atoms with Crippen molar-refractivity contribution in [1.82, 2.24) is 0 Å². The molecule has 1 heteroatoms. The molecule has 1 nitrogen and oxygen atoms in total. The molecule has 1 aliphatic heterocycles. The first-order valence-corrected chi connectivity index (χ1v) is 5.73. The second kappa shape index (κ2) is 3.67. The van der Waals surface area contributed by atoms with Crippen LogP contribution in [0.3, 0.4) is 0 Å². The van der Waals surface area contributed by atoms with Crippen molar-refractivity contribution in [2.45, 2.75) is 19.9 Å². The number of nitrogens with one attached hydrogen (secondary N) is 1. The number of aryl methyl sites for hydroxylation is 1. The first-order chi connectivity index (χ1) is 7.83. The second-order valence-electron chi connectivity index (χ2n) is 4.46. The average Bonchev–Trinajstić information content (AvgIpc) is 2.47. The van der Waals surface area contributed by atoms with Gasteiger partial charge >= 0.3 is 0 Å². The van der Waals surface area contributed by atoms with Crippen molar-refractivity contribution >= 4 is 5.69 Å². The quantitative estimate of drug-likeness (QED) is 0.700. The Morgan fingerprint density at radius 3 is 2.62 bits per heavy atom. The number of benzene rings is 2. The molecule has 1 N–H and O–H groups in total. The van der Waals surface area contributed by atoms with E-state index in [4.69, 9.17) is 0 Å². The largest absolute Gasteiger partial charge is 0.381 e. The topological polar surface area (TPSA) is 12.0 Å². The summed E-state index contributed by atoms with van der Waals surface area (Å²) in [5.74, 6) is 0. The summed E-state index contributed by atoms with van der Waals surface area (Å²) in [5, 5.41) is 3.51. The molecule has 2 aromatic carbocycles. The van der Waals surface area contributed by atoms with Crippen LogP contribution in [-0.2, 0) is 13.0 Å². The minimum Gasteiger partial charge on any atom is -0.381 e. The van der Waals surface area contributed by atoms with E-state index in [-0.39, 0.29) is 0 Å². The normalized spacial score (nSPS) is 13.3. The van der Waals surface area contributed by atoms with E-state index in [1.165, 1.54) is 27.9 Å². The molecule has 1 aliphatic rings. The van der Waals surface area contributed by atoms with Gasteiger partial charge in [-0.15, -0.1) is 0 Å². The molecule has 0 amide bonds. The van der Waals surface area contributed by atoms with E-state index in [1.807, 2.05) is 0 Å². The van der Waals surface area contributed by atoms with E-state index in [0.29, 0.717) is 0 Å². The van der Waals surface area contributed by atoms with E-state index in [9.17, 15) is 0 Å². The van der Waals surface area contributed by atoms with Crippen LogP contribution in [0.2, 0.25) is 0 Å². The molecular weight excluding hydrogens is 194 g/mol. The highest BCUT2D eigenvalue weighted by atomic mass is 14.9. The lowest BCUT2D eigenvalue weighted by Crippen LogP contribution is -1.98. The maximum atomic E-state index is 3.51. The second-order valence-corrected chi connectivity index (χ2v) is 4.46.